The lowest BCUT2D eigenvalue weighted by molar-refractivity contribution is 0.0647. The molecule has 3 N–H and O–H groups in total. The number of halogens is 1. The maximum atomic E-state index is 6.04. The quantitative estimate of drug-likeness (QED) is 0.384. The normalized spacial score (nSPS) is 17.0. The number of nitrogens with one attached hydrogen (secondary N) is 1. The predicted molar refractivity (Wildman–Crippen MR) is 115 cm³/mol. The molecule has 1 aromatic carbocycles. The molecule has 25 heavy (non-hydrogen) atoms. The van der Waals surface area contributed by atoms with E-state index < -0.39 is 0 Å². The second kappa shape index (κ2) is 10.2. The Morgan fingerprint density at radius 3 is 2.52 bits per heavy atom. The van der Waals surface area contributed by atoms with Crippen molar-refractivity contribution in [2.75, 3.05) is 46.9 Å². The van der Waals surface area contributed by atoms with Gasteiger partial charge in [-0.2, -0.15) is 0 Å². The first kappa shape index (κ1) is 22.0. The Morgan fingerprint density at radius 1 is 1.24 bits per heavy atom. The van der Waals surface area contributed by atoms with Crippen LogP contribution in [0.4, 0.5) is 0 Å². The third-order valence-corrected chi connectivity index (χ3v) is 4.67. The van der Waals surface area contributed by atoms with Crippen molar-refractivity contribution in [1.82, 2.24) is 15.1 Å². The number of ether oxygens (including phenoxy) is 1. The van der Waals surface area contributed by atoms with Crippen LogP contribution in [0.2, 0.25) is 0 Å². The van der Waals surface area contributed by atoms with E-state index in [9.17, 15) is 0 Å². The van der Waals surface area contributed by atoms with Crippen molar-refractivity contribution in [1.29, 1.82) is 0 Å². The van der Waals surface area contributed by atoms with Gasteiger partial charge >= 0.3 is 0 Å². The molecule has 1 heterocycles. The van der Waals surface area contributed by atoms with Crippen molar-refractivity contribution in [3.05, 3.63) is 29.8 Å². The van der Waals surface area contributed by atoms with E-state index >= 15 is 0 Å². The van der Waals surface area contributed by atoms with Gasteiger partial charge in [-0.05, 0) is 27.0 Å². The molecule has 1 aromatic rings. The maximum absolute atomic E-state index is 6.04. The predicted octanol–water partition coefficient (Wildman–Crippen LogP) is 1.74. The van der Waals surface area contributed by atoms with Gasteiger partial charge in [0.25, 0.3) is 0 Å². The topological polar surface area (TPSA) is 66.1 Å². The second-order valence-corrected chi connectivity index (χ2v) is 6.97. The molecule has 0 bridgehead atoms. The standard InChI is InChI=1S/C18H31N5O.HI/c1-18(2,23-11-9-22(3)10-12-23)14-21-17(19)20-13-15-7-5-6-8-16(15)24-4;/h5-8H,9-14H2,1-4H3,(H3,19,20,21);1H. The van der Waals surface area contributed by atoms with Gasteiger partial charge < -0.3 is 20.7 Å². The molecule has 1 aliphatic heterocycles. The van der Waals surface area contributed by atoms with Crippen molar-refractivity contribution in [3.8, 4) is 5.75 Å². The smallest absolute Gasteiger partial charge is 0.188 e. The van der Waals surface area contributed by atoms with Gasteiger partial charge in [-0.3, -0.25) is 4.90 Å². The van der Waals surface area contributed by atoms with Gasteiger partial charge in [0, 0.05) is 43.8 Å². The zero-order valence-corrected chi connectivity index (χ0v) is 18.1. The van der Waals surface area contributed by atoms with Crippen LogP contribution < -0.4 is 15.8 Å². The summed E-state index contributed by atoms with van der Waals surface area (Å²) >= 11 is 0. The van der Waals surface area contributed by atoms with Gasteiger partial charge in [0.15, 0.2) is 5.96 Å². The monoisotopic (exact) mass is 461 g/mol. The van der Waals surface area contributed by atoms with Gasteiger partial charge in [-0.15, -0.1) is 24.0 Å². The van der Waals surface area contributed by atoms with E-state index in [1.54, 1.807) is 7.11 Å². The molecular weight excluding hydrogens is 429 g/mol. The number of hydrogen-bond donors (Lipinski definition) is 2. The molecule has 0 saturated carbocycles. The van der Waals surface area contributed by atoms with Crippen LogP contribution in [0.3, 0.4) is 0 Å². The Morgan fingerprint density at radius 2 is 1.88 bits per heavy atom. The number of rotatable bonds is 6. The minimum atomic E-state index is 0. The average Bonchev–Trinajstić information content (AvgIpc) is 2.59. The molecule has 0 aliphatic carbocycles. The van der Waals surface area contributed by atoms with Crippen LogP contribution in [0.25, 0.3) is 0 Å². The summed E-state index contributed by atoms with van der Waals surface area (Å²) in [5, 5.41) is 3.27. The SMILES string of the molecule is COc1ccccc1CN=C(N)NCC(C)(C)N1CCN(C)CC1.I. The zero-order valence-electron chi connectivity index (χ0n) is 15.8. The number of hydrogen-bond acceptors (Lipinski definition) is 4. The molecule has 1 saturated heterocycles. The number of nitrogens with zero attached hydrogens (tertiary/aromatic N) is 3. The highest BCUT2D eigenvalue weighted by Gasteiger charge is 2.28. The summed E-state index contributed by atoms with van der Waals surface area (Å²) in [7, 11) is 3.84. The lowest BCUT2D eigenvalue weighted by Gasteiger charge is -2.43. The fraction of sp³-hybridized carbons (Fsp3) is 0.611. The van der Waals surface area contributed by atoms with Crippen LogP contribution in [0.5, 0.6) is 5.75 Å². The number of benzene rings is 1. The Bertz CT molecular complexity index is 556. The second-order valence-electron chi connectivity index (χ2n) is 6.97. The minimum Gasteiger partial charge on any atom is -0.496 e. The Labute approximate surface area is 168 Å². The molecule has 0 spiro atoms. The summed E-state index contributed by atoms with van der Waals surface area (Å²) in [6, 6.07) is 7.87. The summed E-state index contributed by atoms with van der Waals surface area (Å²) in [6.07, 6.45) is 0. The van der Waals surface area contributed by atoms with Crippen molar-refractivity contribution in [2.45, 2.75) is 25.9 Å². The summed E-state index contributed by atoms with van der Waals surface area (Å²) in [6.45, 7) is 10.2. The van der Waals surface area contributed by atoms with Gasteiger partial charge in [0.1, 0.15) is 5.75 Å². The molecule has 2 rings (SSSR count). The van der Waals surface area contributed by atoms with Crippen LogP contribution in [0, 0.1) is 0 Å². The lowest BCUT2D eigenvalue weighted by atomic mass is 10.0. The van der Waals surface area contributed by atoms with Gasteiger partial charge in [-0.25, -0.2) is 4.99 Å². The summed E-state index contributed by atoms with van der Waals surface area (Å²) in [5.74, 6) is 1.31. The average molecular weight is 461 g/mol. The highest BCUT2D eigenvalue weighted by atomic mass is 127. The first-order valence-electron chi connectivity index (χ1n) is 8.51. The number of likely N-dealkylation sites (N-methyl/N-ethyl adjacent to an activating group) is 1. The van der Waals surface area contributed by atoms with Crippen molar-refractivity contribution < 1.29 is 4.74 Å². The van der Waals surface area contributed by atoms with Crippen molar-refractivity contribution >= 4 is 29.9 Å². The van der Waals surface area contributed by atoms with Crippen LogP contribution in [0.15, 0.2) is 29.3 Å². The number of para-hydroxylation sites is 1. The molecule has 1 aliphatic rings. The van der Waals surface area contributed by atoms with Crippen LogP contribution in [0.1, 0.15) is 19.4 Å². The minimum absolute atomic E-state index is 0. The van der Waals surface area contributed by atoms with Crippen LogP contribution in [-0.4, -0.2) is 68.2 Å². The zero-order chi connectivity index (χ0) is 17.6. The molecule has 0 aromatic heterocycles. The highest BCUT2D eigenvalue weighted by molar-refractivity contribution is 14.0. The first-order chi connectivity index (χ1) is 11.4. The molecule has 142 valence electrons. The van der Waals surface area contributed by atoms with Crippen LogP contribution in [-0.2, 0) is 6.54 Å². The highest BCUT2D eigenvalue weighted by Crippen LogP contribution is 2.18. The number of nitrogens with two attached hydrogens (primary N) is 1. The van der Waals surface area contributed by atoms with Gasteiger partial charge in [0.2, 0.25) is 0 Å². The van der Waals surface area contributed by atoms with E-state index in [4.69, 9.17) is 10.5 Å². The van der Waals surface area contributed by atoms with Gasteiger partial charge in [-0.1, -0.05) is 18.2 Å². The Balaban J connectivity index is 0.00000312. The molecule has 1 fully saturated rings. The summed E-state index contributed by atoms with van der Waals surface area (Å²) in [4.78, 5) is 9.31. The number of aliphatic imine (C=N–C) groups is 1. The molecule has 6 nitrogen and oxygen atoms in total. The number of piperazine rings is 1. The van der Waals surface area contributed by atoms with E-state index in [1.807, 2.05) is 24.3 Å². The fourth-order valence-electron chi connectivity index (χ4n) is 2.89. The Hall–Kier alpha value is -1.06. The largest absolute Gasteiger partial charge is 0.496 e. The van der Waals surface area contributed by atoms with Gasteiger partial charge in [0.05, 0.1) is 13.7 Å². The third-order valence-electron chi connectivity index (χ3n) is 4.67. The van der Waals surface area contributed by atoms with E-state index in [0.717, 1.165) is 44.0 Å². The summed E-state index contributed by atoms with van der Waals surface area (Å²) in [5.41, 5.74) is 7.12. The molecule has 0 unspecified atom stereocenters. The first-order valence-corrected chi connectivity index (χ1v) is 8.51. The summed E-state index contributed by atoms with van der Waals surface area (Å²) < 4.78 is 5.34. The van der Waals surface area contributed by atoms with E-state index in [1.165, 1.54) is 0 Å². The fourth-order valence-corrected chi connectivity index (χ4v) is 2.89. The maximum Gasteiger partial charge on any atom is 0.188 e. The van der Waals surface area contributed by atoms with E-state index in [2.05, 4.69) is 41.0 Å². The third kappa shape index (κ3) is 6.63. The molecular formula is C18H32IN5O. The molecule has 0 radical (unpaired) electrons. The van der Waals surface area contributed by atoms with E-state index in [0.29, 0.717) is 12.5 Å². The lowest BCUT2D eigenvalue weighted by Crippen LogP contribution is -2.58. The van der Waals surface area contributed by atoms with Crippen LogP contribution >= 0.6 is 24.0 Å². The van der Waals surface area contributed by atoms with E-state index in [-0.39, 0.29) is 29.5 Å². The molecule has 0 amide bonds. The molecule has 7 heteroatoms. The molecule has 0 atom stereocenters. The number of guanidine groups is 1. The van der Waals surface area contributed by atoms with Crippen molar-refractivity contribution in [2.24, 2.45) is 10.7 Å². The Kier molecular flexibility index (Phi) is 8.95. The van der Waals surface area contributed by atoms with Crippen molar-refractivity contribution in [3.63, 3.8) is 0 Å². The number of methoxy groups -OCH3 is 1.